The first-order chi connectivity index (χ1) is 12.4. The van der Waals surface area contributed by atoms with E-state index in [1.165, 1.54) is 17.3 Å². The number of benzene rings is 2. The molecule has 3 aromatic rings. The highest BCUT2D eigenvalue weighted by Crippen LogP contribution is 2.25. The first-order valence-electron chi connectivity index (χ1n) is 8.26. The van der Waals surface area contributed by atoms with Crippen molar-refractivity contribution in [2.24, 2.45) is 7.05 Å². The van der Waals surface area contributed by atoms with Gasteiger partial charge in [-0.05, 0) is 56.2 Å². The second kappa shape index (κ2) is 7.64. The quantitative estimate of drug-likeness (QED) is 0.456. The molecule has 0 unspecified atom stereocenters. The molecule has 26 heavy (non-hydrogen) atoms. The van der Waals surface area contributed by atoms with Gasteiger partial charge in [-0.2, -0.15) is 0 Å². The zero-order chi connectivity index (χ0) is 18.8. The van der Waals surface area contributed by atoms with Crippen molar-refractivity contribution in [2.45, 2.75) is 25.9 Å². The van der Waals surface area contributed by atoms with Gasteiger partial charge in [0.2, 0.25) is 0 Å². The molecule has 1 aromatic heterocycles. The molecule has 0 spiro atoms. The maximum Gasteiger partial charge on any atom is 0.191 e. The van der Waals surface area contributed by atoms with E-state index in [1.807, 2.05) is 68.8 Å². The number of rotatable bonds is 5. The molecule has 1 heterocycles. The molecule has 3 rings (SSSR count). The van der Waals surface area contributed by atoms with E-state index in [0.717, 1.165) is 28.1 Å². The summed E-state index contributed by atoms with van der Waals surface area (Å²) in [5.41, 5.74) is 4.96. The lowest BCUT2D eigenvalue weighted by molar-refractivity contribution is 0.102. The van der Waals surface area contributed by atoms with Crippen LogP contribution in [0.5, 0.6) is 0 Å². The van der Waals surface area contributed by atoms with Crippen LogP contribution in [0, 0.1) is 20.8 Å². The van der Waals surface area contributed by atoms with Gasteiger partial charge in [0.1, 0.15) is 0 Å². The fraction of sp³-hybridized carbons (Fsp3) is 0.250. The molecule has 134 valence electrons. The van der Waals surface area contributed by atoms with Crippen LogP contribution in [-0.4, -0.2) is 26.3 Å². The smallest absolute Gasteiger partial charge is 0.191 e. The standard InChI is InChI=1S/C20H20ClN3OS/c1-12-9-13(2)18(14(3)10-12)17(25)11-26-20-23-22-19(24(20)4)15-5-7-16(21)8-6-15/h5-10H,11H2,1-4H3. The van der Waals surface area contributed by atoms with Crippen molar-refractivity contribution in [1.82, 2.24) is 14.8 Å². The van der Waals surface area contributed by atoms with Gasteiger partial charge in [0.05, 0.1) is 5.75 Å². The fourth-order valence-corrected chi connectivity index (χ4v) is 4.02. The first kappa shape index (κ1) is 18.7. The van der Waals surface area contributed by atoms with Crippen LogP contribution in [0.2, 0.25) is 5.02 Å². The summed E-state index contributed by atoms with van der Waals surface area (Å²) < 4.78 is 1.90. The van der Waals surface area contributed by atoms with Gasteiger partial charge in [0.15, 0.2) is 16.8 Å². The average Bonchev–Trinajstić information content (AvgIpc) is 2.93. The molecule has 6 heteroatoms. The highest BCUT2D eigenvalue weighted by Gasteiger charge is 2.16. The maximum absolute atomic E-state index is 12.7. The largest absolute Gasteiger partial charge is 0.305 e. The van der Waals surface area contributed by atoms with Gasteiger partial charge in [-0.15, -0.1) is 10.2 Å². The second-order valence-corrected chi connectivity index (χ2v) is 7.74. The molecule has 0 amide bonds. The minimum Gasteiger partial charge on any atom is -0.305 e. The third-order valence-corrected chi connectivity index (χ3v) is 5.50. The Hall–Kier alpha value is -2.11. The van der Waals surface area contributed by atoms with Crippen molar-refractivity contribution in [3.05, 3.63) is 63.7 Å². The monoisotopic (exact) mass is 385 g/mol. The van der Waals surface area contributed by atoms with E-state index in [2.05, 4.69) is 10.2 Å². The number of nitrogens with zero attached hydrogens (tertiary/aromatic N) is 3. The Bertz CT molecular complexity index is 941. The van der Waals surface area contributed by atoms with Crippen molar-refractivity contribution in [3.63, 3.8) is 0 Å². The van der Waals surface area contributed by atoms with Crippen LogP contribution in [0.1, 0.15) is 27.0 Å². The molecule has 0 aliphatic heterocycles. The number of carbonyl (C=O) groups excluding carboxylic acids is 1. The number of halogens is 1. The first-order valence-corrected chi connectivity index (χ1v) is 9.62. The lowest BCUT2D eigenvalue weighted by Gasteiger charge is -2.10. The number of ketones is 1. The SMILES string of the molecule is Cc1cc(C)c(C(=O)CSc2nnc(-c3ccc(Cl)cc3)n2C)c(C)c1. The number of Topliss-reactive ketones (excluding diaryl/α,β-unsaturated/α-hetero) is 1. The van der Waals surface area contributed by atoms with E-state index in [1.54, 1.807) is 0 Å². The summed E-state index contributed by atoms with van der Waals surface area (Å²) in [6, 6.07) is 11.6. The number of thioether (sulfide) groups is 1. The zero-order valence-electron chi connectivity index (χ0n) is 15.2. The molecule has 0 radical (unpaired) electrons. The molecule has 2 aromatic carbocycles. The van der Waals surface area contributed by atoms with Crippen molar-refractivity contribution in [1.29, 1.82) is 0 Å². The second-order valence-electron chi connectivity index (χ2n) is 6.36. The van der Waals surface area contributed by atoms with Gasteiger partial charge in [0.25, 0.3) is 0 Å². The molecule has 4 nitrogen and oxygen atoms in total. The minimum absolute atomic E-state index is 0.112. The topological polar surface area (TPSA) is 47.8 Å². The Morgan fingerprint density at radius 3 is 2.31 bits per heavy atom. The molecule has 0 saturated carbocycles. The van der Waals surface area contributed by atoms with E-state index < -0.39 is 0 Å². The van der Waals surface area contributed by atoms with Crippen molar-refractivity contribution in [2.75, 3.05) is 5.75 Å². The normalized spacial score (nSPS) is 11.0. The summed E-state index contributed by atoms with van der Waals surface area (Å²) in [5.74, 6) is 1.19. The van der Waals surface area contributed by atoms with Crippen LogP contribution in [0.4, 0.5) is 0 Å². The van der Waals surface area contributed by atoms with Crippen LogP contribution in [0.3, 0.4) is 0 Å². The molecule has 0 aliphatic rings. The molecule has 0 N–H and O–H groups in total. The Balaban J connectivity index is 1.77. The molecule has 0 saturated heterocycles. The number of aromatic nitrogens is 3. The highest BCUT2D eigenvalue weighted by molar-refractivity contribution is 7.99. The lowest BCUT2D eigenvalue weighted by Crippen LogP contribution is -2.08. The predicted molar refractivity (Wildman–Crippen MR) is 107 cm³/mol. The van der Waals surface area contributed by atoms with Gasteiger partial charge < -0.3 is 4.57 Å². The number of hydrogen-bond donors (Lipinski definition) is 0. The summed E-state index contributed by atoms with van der Waals surface area (Å²) in [7, 11) is 1.90. The molecule has 0 fully saturated rings. The molecular formula is C20H20ClN3OS. The fourth-order valence-electron chi connectivity index (χ4n) is 3.11. The molecule has 0 bridgehead atoms. The van der Waals surface area contributed by atoms with Crippen LogP contribution >= 0.6 is 23.4 Å². The van der Waals surface area contributed by atoms with Crippen LogP contribution < -0.4 is 0 Å². The molecule has 0 aliphatic carbocycles. The van der Waals surface area contributed by atoms with Crippen LogP contribution in [-0.2, 0) is 7.05 Å². The third-order valence-electron chi connectivity index (χ3n) is 4.23. The van der Waals surface area contributed by atoms with Gasteiger partial charge >= 0.3 is 0 Å². The van der Waals surface area contributed by atoms with Crippen molar-refractivity contribution >= 4 is 29.1 Å². The van der Waals surface area contributed by atoms with Crippen molar-refractivity contribution < 1.29 is 4.79 Å². The van der Waals surface area contributed by atoms with E-state index in [4.69, 9.17) is 11.6 Å². The third kappa shape index (κ3) is 3.84. The minimum atomic E-state index is 0.112. The van der Waals surface area contributed by atoms with E-state index >= 15 is 0 Å². The van der Waals surface area contributed by atoms with E-state index in [9.17, 15) is 4.79 Å². The number of hydrogen-bond acceptors (Lipinski definition) is 4. The van der Waals surface area contributed by atoms with Gasteiger partial charge in [-0.3, -0.25) is 4.79 Å². The summed E-state index contributed by atoms with van der Waals surface area (Å²) in [4.78, 5) is 12.7. The number of aryl methyl sites for hydroxylation is 3. The predicted octanol–water partition coefficient (Wildman–Crippen LogP) is 5.04. The molecular weight excluding hydrogens is 366 g/mol. The van der Waals surface area contributed by atoms with E-state index in [0.29, 0.717) is 15.9 Å². The Kier molecular flexibility index (Phi) is 5.49. The van der Waals surface area contributed by atoms with Crippen LogP contribution in [0.15, 0.2) is 41.6 Å². The Morgan fingerprint density at radius 1 is 1.08 bits per heavy atom. The van der Waals surface area contributed by atoms with Crippen LogP contribution in [0.25, 0.3) is 11.4 Å². The molecule has 0 atom stereocenters. The Morgan fingerprint density at radius 2 is 1.69 bits per heavy atom. The summed E-state index contributed by atoms with van der Waals surface area (Å²) in [6.07, 6.45) is 0. The Labute approximate surface area is 162 Å². The van der Waals surface area contributed by atoms with Crippen molar-refractivity contribution in [3.8, 4) is 11.4 Å². The maximum atomic E-state index is 12.7. The lowest BCUT2D eigenvalue weighted by atomic mass is 9.97. The van der Waals surface area contributed by atoms with Gasteiger partial charge in [-0.25, -0.2) is 0 Å². The van der Waals surface area contributed by atoms with Gasteiger partial charge in [0, 0.05) is 23.2 Å². The summed E-state index contributed by atoms with van der Waals surface area (Å²) in [6.45, 7) is 6.01. The average molecular weight is 386 g/mol. The summed E-state index contributed by atoms with van der Waals surface area (Å²) >= 11 is 7.34. The zero-order valence-corrected chi connectivity index (χ0v) is 16.8. The number of carbonyl (C=O) groups is 1. The summed E-state index contributed by atoms with van der Waals surface area (Å²) in [5, 5.41) is 9.87. The van der Waals surface area contributed by atoms with E-state index in [-0.39, 0.29) is 5.78 Å². The highest BCUT2D eigenvalue weighted by atomic mass is 35.5. The van der Waals surface area contributed by atoms with Gasteiger partial charge in [-0.1, -0.05) is 41.1 Å².